The second kappa shape index (κ2) is 8.90. The molecule has 6 nitrogen and oxygen atoms in total. The number of likely N-dealkylation sites (tertiary alicyclic amines) is 1. The molecule has 0 N–H and O–H groups in total. The lowest BCUT2D eigenvalue weighted by atomic mass is 9.95. The number of aromatic nitrogens is 2. The van der Waals surface area contributed by atoms with Gasteiger partial charge in [0.05, 0.1) is 6.42 Å². The Bertz CT molecular complexity index is 930. The predicted molar refractivity (Wildman–Crippen MR) is 109 cm³/mol. The Balaban J connectivity index is 1.26. The van der Waals surface area contributed by atoms with Crippen LogP contribution in [0.3, 0.4) is 0 Å². The van der Waals surface area contributed by atoms with Gasteiger partial charge in [-0.05, 0) is 37.5 Å². The number of benzene rings is 2. The van der Waals surface area contributed by atoms with Crippen molar-refractivity contribution in [3.05, 3.63) is 77.4 Å². The summed E-state index contributed by atoms with van der Waals surface area (Å²) < 4.78 is 11.1. The van der Waals surface area contributed by atoms with E-state index in [-0.39, 0.29) is 18.4 Å². The third kappa shape index (κ3) is 5.02. The topological polar surface area (TPSA) is 68.5 Å². The quantitative estimate of drug-likeness (QED) is 0.637. The van der Waals surface area contributed by atoms with Gasteiger partial charge in [-0.1, -0.05) is 53.2 Å². The van der Waals surface area contributed by atoms with Crippen LogP contribution in [-0.2, 0) is 17.8 Å². The van der Waals surface area contributed by atoms with Gasteiger partial charge in [-0.25, -0.2) is 0 Å². The van der Waals surface area contributed by atoms with E-state index >= 15 is 0 Å². The van der Waals surface area contributed by atoms with Gasteiger partial charge >= 0.3 is 0 Å². The molecule has 1 fully saturated rings. The summed E-state index contributed by atoms with van der Waals surface area (Å²) in [5.41, 5.74) is 2.24. The maximum absolute atomic E-state index is 12.5. The molecule has 3 aromatic rings. The number of ether oxygens (including phenoxy) is 1. The van der Waals surface area contributed by atoms with Crippen LogP contribution < -0.4 is 4.74 Å². The van der Waals surface area contributed by atoms with E-state index in [1.54, 1.807) is 0 Å². The van der Waals surface area contributed by atoms with Gasteiger partial charge in [0.1, 0.15) is 5.75 Å². The highest BCUT2D eigenvalue weighted by molar-refractivity contribution is 5.78. The highest BCUT2D eigenvalue weighted by Crippen LogP contribution is 2.26. The zero-order valence-corrected chi connectivity index (χ0v) is 16.6. The van der Waals surface area contributed by atoms with E-state index in [4.69, 9.17) is 9.26 Å². The molecule has 0 bridgehead atoms. The maximum atomic E-state index is 12.5. The fraction of sp³-hybridized carbons (Fsp3) is 0.348. The van der Waals surface area contributed by atoms with Gasteiger partial charge in [0.15, 0.2) is 12.4 Å². The molecule has 4 rings (SSSR count). The van der Waals surface area contributed by atoms with Crippen molar-refractivity contribution in [1.82, 2.24) is 15.0 Å². The molecular weight excluding hydrogens is 366 g/mol. The van der Waals surface area contributed by atoms with E-state index in [1.807, 2.05) is 66.4 Å². The first-order chi connectivity index (χ1) is 14.2. The first-order valence-corrected chi connectivity index (χ1v) is 10.0. The molecule has 0 radical (unpaired) electrons. The first-order valence-electron chi connectivity index (χ1n) is 10.0. The maximum Gasteiger partial charge on any atom is 0.264 e. The number of piperidine rings is 1. The van der Waals surface area contributed by atoms with Crippen molar-refractivity contribution in [1.29, 1.82) is 0 Å². The fourth-order valence-corrected chi connectivity index (χ4v) is 3.54. The molecule has 0 saturated carbocycles. The van der Waals surface area contributed by atoms with Gasteiger partial charge < -0.3 is 14.2 Å². The van der Waals surface area contributed by atoms with Crippen LogP contribution >= 0.6 is 0 Å². The molecule has 0 unspecified atom stereocenters. The highest BCUT2D eigenvalue weighted by atomic mass is 16.5. The predicted octanol–water partition coefficient (Wildman–Crippen LogP) is 3.91. The summed E-state index contributed by atoms with van der Waals surface area (Å²) >= 11 is 0. The third-order valence-electron chi connectivity index (χ3n) is 5.28. The minimum atomic E-state index is 0.176. The molecule has 2 heterocycles. The molecule has 1 aliphatic rings. The molecule has 1 aromatic heterocycles. The fourth-order valence-electron chi connectivity index (χ4n) is 3.54. The van der Waals surface area contributed by atoms with Crippen molar-refractivity contribution >= 4 is 5.91 Å². The SMILES string of the molecule is Cc1ccc(OCc2nc(C3CCN(C(=O)Cc4ccccc4)CC3)no2)cc1. The highest BCUT2D eigenvalue weighted by Gasteiger charge is 2.27. The van der Waals surface area contributed by atoms with Crippen molar-refractivity contribution in [2.24, 2.45) is 0 Å². The smallest absolute Gasteiger partial charge is 0.264 e. The zero-order valence-electron chi connectivity index (χ0n) is 16.6. The van der Waals surface area contributed by atoms with Gasteiger partial charge in [0.25, 0.3) is 5.89 Å². The Morgan fingerprint density at radius 1 is 1.10 bits per heavy atom. The lowest BCUT2D eigenvalue weighted by molar-refractivity contribution is -0.131. The second-order valence-electron chi connectivity index (χ2n) is 7.47. The minimum absolute atomic E-state index is 0.176. The molecular formula is C23H25N3O3. The Morgan fingerprint density at radius 3 is 2.55 bits per heavy atom. The summed E-state index contributed by atoms with van der Waals surface area (Å²) in [7, 11) is 0. The zero-order chi connectivity index (χ0) is 20.1. The molecule has 0 atom stereocenters. The van der Waals surface area contributed by atoms with Crippen molar-refractivity contribution in [3.8, 4) is 5.75 Å². The molecule has 2 aromatic carbocycles. The lowest BCUT2D eigenvalue weighted by Gasteiger charge is -2.30. The van der Waals surface area contributed by atoms with E-state index in [1.165, 1.54) is 5.56 Å². The molecule has 1 amide bonds. The van der Waals surface area contributed by atoms with Gasteiger partial charge in [0, 0.05) is 19.0 Å². The molecule has 0 aliphatic carbocycles. The standard InChI is InChI=1S/C23H25N3O3/c1-17-7-9-20(10-8-17)28-16-21-24-23(25-29-21)19-11-13-26(14-12-19)22(27)15-18-5-3-2-4-6-18/h2-10,19H,11-16H2,1H3. The number of carbonyl (C=O) groups is 1. The minimum Gasteiger partial charge on any atom is -0.484 e. The van der Waals surface area contributed by atoms with E-state index in [0.717, 1.165) is 37.2 Å². The van der Waals surface area contributed by atoms with Gasteiger partial charge in [0.2, 0.25) is 5.91 Å². The van der Waals surface area contributed by atoms with E-state index < -0.39 is 0 Å². The molecule has 6 heteroatoms. The summed E-state index contributed by atoms with van der Waals surface area (Å²) in [6, 6.07) is 17.7. The second-order valence-corrected chi connectivity index (χ2v) is 7.47. The van der Waals surface area contributed by atoms with Crippen LogP contribution in [0, 0.1) is 6.92 Å². The van der Waals surface area contributed by atoms with Crippen LogP contribution in [0.15, 0.2) is 59.1 Å². The van der Waals surface area contributed by atoms with E-state index in [9.17, 15) is 4.79 Å². The summed E-state index contributed by atoms with van der Waals surface area (Å²) in [6.07, 6.45) is 2.14. The van der Waals surface area contributed by atoms with Crippen molar-refractivity contribution in [2.75, 3.05) is 13.1 Å². The van der Waals surface area contributed by atoms with Gasteiger partial charge in [-0.15, -0.1) is 0 Å². The van der Waals surface area contributed by atoms with Crippen LogP contribution in [0.25, 0.3) is 0 Å². The lowest BCUT2D eigenvalue weighted by Crippen LogP contribution is -2.39. The molecule has 1 aliphatic heterocycles. The van der Waals surface area contributed by atoms with Crippen LogP contribution in [0.1, 0.15) is 41.6 Å². The van der Waals surface area contributed by atoms with Crippen LogP contribution in [-0.4, -0.2) is 34.0 Å². The van der Waals surface area contributed by atoms with Crippen molar-refractivity contribution in [2.45, 2.75) is 38.7 Å². The van der Waals surface area contributed by atoms with Gasteiger partial charge in [-0.3, -0.25) is 4.79 Å². The Kier molecular flexibility index (Phi) is 5.89. The average molecular weight is 391 g/mol. The number of aryl methyl sites for hydroxylation is 1. The number of hydrogen-bond acceptors (Lipinski definition) is 5. The largest absolute Gasteiger partial charge is 0.484 e. The van der Waals surface area contributed by atoms with Crippen LogP contribution in [0.2, 0.25) is 0 Å². The molecule has 150 valence electrons. The molecule has 1 saturated heterocycles. The van der Waals surface area contributed by atoms with E-state index in [2.05, 4.69) is 10.1 Å². The van der Waals surface area contributed by atoms with Crippen molar-refractivity contribution < 1.29 is 14.1 Å². The Hall–Kier alpha value is -3.15. The number of carbonyl (C=O) groups excluding carboxylic acids is 1. The van der Waals surface area contributed by atoms with Crippen LogP contribution in [0.5, 0.6) is 5.75 Å². The summed E-state index contributed by atoms with van der Waals surface area (Å²) in [4.78, 5) is 18.9. The van der Waals surface area contributed by atoms with Crippen molar-refractivity contribution in [3.63, 3.8) is 0 Å². The molecule has 29 heavy (non-hydrogen) atoms. The Labute approximate surface area is 170 Å². The summed E-state index contributed by atoms with van der Waals surface area (Å²) in [5, 5.41) is 4.13. The van der Waals surface area contributed by atoms with Gasteiger partial charge in [-0.2, -0.15) is 4.98 Å². The van der Waals surface area contributed by atoms with E-state index in [0.29, 0.717) is 18.1 Å². The average Bonchev–Trinajstić information content (AvgIpc) is 3.23. The number of rotatable bonds is 6. The number of amides is 1. The number of hydrogen-bond donors (Lipinski definition) is 0. The number of nitrogens with zero attached hydrogens (tertiary/aromatic N) is 3. The first kappa shape index (κ1) is 19.2. The summed E-state index contributed by atoms with van der Waals surface area (Å²) in [5.74, 6) is 2.36. The Morgan fingerprint density at radius 2 is 1.83 bits per heavy atom. The normalized spacial score (nSPS) is 14.7. The third-order valence-corrected chi connectivity index (χ3v) is 5.28. The summed E-state index contributed by atoms with van der Waals surface area (Å²) in [6.45, 7) is 3.74. The van der Waals surface area contributed by atoms with Crippen LogP contribution in [0.4, 0.5) is 0 Å². The molecule has 0 spiro atoms. The monoisotopic (exact) mass is 391 g/mol.